The SMILES string of the molecule is Cc1nc2c(=O)n(C3CC3)c3c(C)c(-c4cc(F)c(N)cc4F)ccc3c2o1.Cc1nc2c(=O)n(C3CC3)c3c(C)c(Br)ccc3c2o1. The van der Waals surface area contributed by atoms with E-state index >= 15 is 0 Å². The molecule has 2 saturated carbocycles. The van der Waals surface area contributed by atoms with Crippen molar-refractivity contribution in [3.63, 3.8) is 0 Å². The number of nitrogens with zero attached hydrogens (tertiary/aromatic N) is 4. The normalized spacial score (nSPS) is 14.7. The van der Waals surface area contributed by atoms with Gasteiger partial charge in [-0.1, -0.05) is 22.0 Å². The number of halogens is 3. The van der Waals surface area contributed by atoms with E-state index in [1.807, 2.05) is 23.6 Å². The number of fused-ring (bicyclic) bond motifs is 6. The fourth-order valence-corrected chi connectivity index (χ4v) is 7.05. The van der Waals surface area contributed by atoms with E-state index in [0.717, 1.165) is 64.1 Å². The van der Waals surface area contributed by atoms with Gasteiger partial charge >= 0.3 is 0 Å². The van der Waals surface area contributed by atoms with Crippen molar-refractivity contribution in [2.24, 2.45) is 0 Å². The quantitative estimate of drug-likeness (QED) is 0.182. The molecule has 0 bridgehead atoms. The average Bonchev–Trinajstić information content (AvgIpc) is 3.98. The average molecular weight is 715 g/mol. The summed E-state index contributed by atoms with van der Waals surface area (Å²) in [6, 6.07) is 9.94. The number of rotatable bonds is 3. The van der Waals surface area contributed by atoms with E-state index in [-0.39, 0.29) is 28.4 Å². The molecule has 4 aromatic heterocycles. The summed E-state index contributed by atoms with van der Waals surface area (Å²) in [5, 5.41) is 1.70. The summed E-state index contributed by atoms with van der Waals surface area (Å²) in [4.78, 5) is 34.3. The second kappa shape index (κ2) is 10.8. The number of aromatic nitrogens is 4. The van der Waals surface area contributed by atoms with Crippen molar-refractivity contribution in [3.8, 4) is 11.1 Å². The van der Waals surface area contributed by atoms with Crippen LogP contribution in [-0.2, 0) is 0 Å². The van der Waals surface area contributed by atoms with E-state index in [0.29, 0.717) is 56.7 Å². The first-order valence-corrected chi connectivity index (χ1v) is 16.5. The van der Waals surface area contributed by atoms with E-state index in [2.05, 4.69) is 25.9 Å². The van der Waals surface area contributed by atoms with Crippen LogP contribution in [0.15, 0.2) is 59.3 Å². The Labute approximate surface area is 280 Å². The van der Waals surface area contributed by atoms with Crippen LogP contribution >= 0.6 is 15.9 Å². The predicted molar refractivity (Wildman–Crippen MR) is 185 cm³/mol. The fourth-order valence-electron chi connectivity index (χ4n) is 6.73. The molecule has 0 unspecified atom stereocenters. The van der Waals surface area contributed by atoms with Crippen molar-refractivity contribution in [2.75, 3.05) is 5.73 Å². The molecule has 0 saturated heterocycles. The van der Waals surface area contributed by atoms with E-state index < -0.39 is 11.6 Å². The Bertz CT molecular complexity index is 2630. The fraction of sp³-hybridized carbons (Fsp3) is 0.278. The lowest BCUT2D eigenvalue weighted by Gasteiger charge is -2.16. The van der Waals surface area contributed by atoms with Gasteiger partial charge in [0, 0.05) is 52.8 Å². The van der Waals surface area contributed by atoms with Gasteiger partial charge in [-0.3, -0.25) is 9.59 Å². The minimum atomic E-state index is -0.684. The van der Waals surface area contributed by atoms with Crippen molar-refractivity contribution in [2.45, 2.75) is 65.5 Å². The van der Waals surface area contributed by atoms with Gasteiger partial charge in [-0.2, -0.15) is 0 Å². The molecule has 48 heavy (non-hydrogen) atoms. The molecule has 3 aromatic carbocycles. The maximum Gasteiger partial charge on any atom is 0.281 e. The van der Waals surface area contributed by atoms with Gasteiger partial charge in [0.05, 0.1) is 16.7 Å². The Morgan fingerprint density at radius 3 is 1.75 bits per heavy atom. The molecule has 0 aliphatic heterocycles. The van der Waals surface area contributed by atoms with Crippen molar-refractivity contribution in [1.82, 2.24) is 19.1 Å². The molecule has 9 nitrogen and oxygen atoms in total. The second-order valence-electron chi connectivity index (χ2n) is 12.7. The molecule has 7 aromatic rings. The third-order valence-electron chi connectivity index (χ3n) is 9.28. The third kappa shape index (κ3) is 4.68. The molecule has 0 spiro atoms. The van der Waals surface area contributed by atoms with E-state index in [4.69, 9.17) is 14.6 Å². The molecule has 9 rings (SSSR count). The van der Waals surface area contributed by atoms with Crippen LogP contribution in [0.4, 0.5) is 14.5 Å². The molecule has 12 heteroatoms. The van der Waals surface area contributed by atoms with Gasteiger partial charge < -0.3 is 23.7 Å². The smallest absolute Gasteiger partial charge is 0.281 e. The largest absolute Gasteiger partial charge is 0.440 e. The van der Waals surface area contributed by atoms with Crippen LogP contribution in [0.3, 0.4) is 0 Å². The number of nitrogen functional groups attached to an aromatic ring is 1. The van der Waals surface area contributed by atoms with E-state index in [1.54, 1.807) is 37.5 Å². The van der Waals surface area contributed by atoms with Crippen LogP contribution in [0, 0.1) is 39.3 Å². The lowest BCUT2D eigenvalue weighted by molar-refractivity contribution is 0.563. The molecule has 4 heterocycles. The molecule has 244 valence electrons. The summed E-state index contributed by atoms with van der Waals surface area (Å²) in [7, 11) is 0. The summed E-state index contributed by atoms with van der Waals surface area (Å²) < 4.78 is 44.6. The first kappa shape index (κ1) is 30.5. The van der Waals surface area contributed by atoms with Crippen LogP contribution in [0.1, 0.15) is 60.7 Å². The Balaban J connectivity index is 0.000000148. The molecular formula is C36H30BrF2N5O4. The zero-order valence-corrected chi connectivity index (χ0v) is 28.2. The number of hydrogen-bond donors (Lipinski definition) is 1. The summed E-state index contributed by atoms with van der Waals surface area (Å²) in [5.41, 5.74) is 10.8. The van der Waals surface area contributed by atoms with Crippen LogP contribution in [0.2, 0.25) is 0 Å². The molecule has 2 aliphatic carbocycles. The third-order valence-corrected chi connectivity index (χ3v) is 10.1. The lowest BCUT2D eigenvalue weighted by Crippen LogP contribution is -2.20. The number of nitrogens with two attached hydrogens (primary N) is 1. The summed E-state index contributed by atoms with van der Waals surface area (Å²) in [6.45, 7) is 7.30. The molecule has 0 atom stereocenters. The Morgan fingerprint density at radius 2 is 1.23 bits per heavy atom. The second-order valence-corrected chi connectivity index (χ2v) is 13.5. The molecule has 2 aliphatic rings. The number of benzene rings is 3. The number of oxazole rings is 2. The highest BCUT2D eigenvalue weighted by Crippen LogP contribution is 2.42. The van der Waals surface area contributed by atoms with Crippen molar-refractivity contribution >= 4 is 65.6 Å². The van der Waals surface area contributed by atoms with Gasteiger partial charge in [-0.25, -0.2) is 18.7 Å². The molecule has 0 radical (unpaired) electrons. The van der Waals surface area contributed by atoms with E-state index in [1.165, 1.54) is 0 Å². The first-order valence-electron chi connectivity index (χ1n) is 15.7. The van der Waals surface area contributed by atoms with Gasteiger partial charge in [-0.05, 0) is 80.5 Å². The van der Waals surface area contributed by atoms with Gasteiger partial charge in [0.1, 0.15) is 11.6 Å². The monoisotopic (exact) mass is 713 g/mol. The molecule has 2 N–H and O–H groups in total. The standard InChI is InChI=1S/C21H17F2N3O2.C15H13BrN2O2/c1-9-12(14-7-16(23)17(24)8-15(14)22)5-6-13-19(9)26(11-3-4-11)21(27)18-20(13)28-10(2)25-18;1-7-11(16)6-5-10-13(7)18(9-3-4-9)15(19)12-14(10)20-8(2)17-12/h5-8,11H,3-4,24H2,1-2H3;5-6,9H,3-4H2,1-2H3. The Morgan fingerprint density at radius 1 is 0.729 bits per heavy atom. The van der Waals surface area contributed by atoms with Crippen LogP contribution in [-0.4, -0.2) is 19.1 Å². The zero-order valence-electron chi connectivity index (χ0n) is 26.6. The van der Waals surface area contributed by atoms with Gasteiger partial charge in [0.2, 0.25) is 0 Å². The van der Waals surface area contributed by atoms with Gasteiger partial charge in [-0.15, -0.1) is 0 Å². The number of hydrogen-bond acceptors (Lipinski definition) is 7. The Kier molecular flexibility index (Phi) is 6.89. The first-order chi connectivity index (χ1) is 22.9. The van der Waals surface area contributed by atoms with Crippen LogP contribution in [0.5, 0.6) is 0 Å². The highest BCUT2D eigenvalue weighted by molar-refractivity contribution is 9.10. The molecule has 0 amide bonds. The number of aryl methyl sites for hydroxylation is 4. The van der Waals surface area contributed by atoms with Crippen molar-refractivity contribution in [3.05, 3.63) is 96.1 Å². The maximum absolute atomic E-state index is 14.6. The molecule has 2 fully saturated rings. The summed E-state index contributed by atoms with van der Waals surface area (Å²) >= 11 is 3.55. The van der Waals surface area contributed by atoms with Crippen molar-refractivity contribution < 1.29 is 17.6 Å². The Hall–Kier alpha value is -4.84. The summed E-state index contributed by atoms with van der Waals surface area (Å²) in [6.07, 6.45) is 3.91. The molecular weight excluding hydrogens is 684 g/mol. The van der Waals surface area contributed by atoms with Crippen molar-refractivity contribution in [1.29, 1.82) is 0 Å². The zero-order chi connectivity index (χ0) is 33.8. The number of pyridine rings is 2. The topological polar surface area (TPSA) is 122 Å². The van der Waals surface area contributed by atoms with E-state index in [9.17, 15) is 18.4 Å². The minimum absolute atomic E-state index is 0.0342. The number of anilines is 1. The lowest BCUT2D eigenvalue weighted by atomic mass is 9.96. The van der Waals surface area contributed by atoms with Crippen LogP contribution in [0.25, 0.3) is 55.1 Å². The highest BCUT2D eigenvalue weighted by atomic mass is 79.9. The minimum Gasteiger partial charge on any atom is -0.440 e. The summed E-state index contributed by atoms with van der Waals surface area (Å²) in [5.74, 6) is -0.349. The maximum atomic E-state index is 14.6. The highest BCUT2D eigenvalue weighted by Gasteiger charge is 2.31. The van der Waals surface area contributed by atoms with Gasteiger partial charge in [0.25, 0.3) is 11.1 Å². The van der Waals surface area contributed by atoms with Crippen LogP contribution < -0.4 is 16.9 Å². The predicted octanol–water partition coefficient (Wildman–Crippen LogP) is 8.48. The van der Waals surface area contributed by atoms with Gasteiger partial charge in [0.15, 0.2) is 34.0 Å².